The topological polar surface area (TPSA) is 73.7 Å². The minimum atomic E-state index is -1.08. The van der Waals surface area contributed by atoms with Crippen LogP contribution in [0.15, 0.2) is 0 Å². The molecule has 0 aliphatic rings. The molecule has 0 unspecified atom stereocenters. The Bertz CT molecular complexity index is 290. The summed E-state index contributed by atoms with van der Waals surface area (Å²) in [4.78, 5) is 21.9. The Morgan fingerprint density at radius 1 is 0.875 bits per heavy atom. The first-order chi connectivity index (χ1) is 11.4. The first kappa shape index (κ1) is 25.1. The summed E-state index contributed by atoms with van der Waals surface area (Å²) >= 11 is 0. The van der Waals surface area contributed by atoms with Gasteiger partial charge in [0.1, 0.15) is 0 Å². The lowest BCUT2D eigenvalue weighted by Gasteiger charge is -2.08. The summed E-state index contributed by atoms with van der Waals surface area (Å²) in [6.07, 6.45) is 13.6. The molecule has 24 heavy (non-hydrogen) atoms. The second-order valence-corrected chi connectivity index (χ2v) is 6.73. The Kier molecular flexibility index (Phi) is 20.9. The number of carboxylic acids is 1. The van der Waals surface area contributed by atoms with Crippen LogP contribution in [-0.2, 0) is 9.59 Å². The van der Waals surface area contributed by atoms with Crippen LogP contribution in [-0.4, -0.2) is 39.1 Å². The van der Waals surface area contributed by atoms with E-state index in [1.807, 2.05) is 0 Å². The van der Waals surface area contributed by atoms with Gasteiger partial charge in [-0.05, 0) is 13.3 Å². The average Bonchev–Trinajstić information content (AvgIpc) is 2.49. The van der Waals surface area contributed by atoms with Gasteiger partial charge in [-0.1, -0.05) is 58.3 Å². The number of carboxylic acid groups (broad SMARTS) is 1. The summed E-state index contributed by atoms with van der Waals surface area (Å²) in [5, 5.41) is 11.9. The first-order valence-corrected chi connectivity index (χ1v) is 9.63. The number of aliphatic carboxylic acids is 1. The summed E-state index contributed by atoms with van der Waals surface area (Å²) in [5.41, 5.74) is 0. The fourth-order valence-corrected chi connectivity index (χ4v) is 2.35. The van der Waals surface area contributed by atoms with Gasteiger partial charge in [0.15, 0.2) is 0 Å². The Hall–Kier alpha value is -1.10. The highest BCUT2D eigenvalue weighted by molar-refractivity contribution is 5.75. The van der Waals surface area contributed by atoms with Crippen molar-refractivity contribution in [2.24, 2.45) is 0 Å². The molecule has 0 bridgehead atoms. The fraction of sp³-hybridized carbons (Fsp3) is 0.895. The van der Waals surface area contributed by atoms with Crippen LogP contribution >= 0.6 is 0 Å². The van der Waals surface area contributed by atoms with Crippen LogP contribution in [0, 0.1) is 0 Å². The Balaban J connectivity index is 0. The zero-order valence-electron chi connectivity index (χ0n) is 16.4. The van der Waals surface area contributed by atoms with Crippen LogP contribution in [0.5, 0.6) is 0 Å². The molecule has 0 saturated carbocycles. The van der Waals surface area contributed by atoms with E-state index in [0.29, 0.717) is 6.42 Å². The average molecular weight is 345 g/mol. The third kappa shape index (κ3) is 29.0. The number of nitrogens with one attached hydrogen (secondary N) is 2. The van der Waals surface area contributed by atoms with Crippen molar-refractivity contribution >= 4 is 11.9 Å². The number of rotatable bonds is 14. The van der Waals surface area contributed by atoms with Gasteiger partial charge in [-0.2, -0.15) is 0 Å². The monoisotopic (exact) mass is 344 g/mol. The van der Waals surface area contributed by atoms with Crippen LogP contribution < -0.4 is 15.3 Å². The largest absolute Gasteiger partial charge is 0.550 e. The Morgan fingerprint density at radius 3 is 1.79 bits per heavy atom. The minimum absolute atomic E-state index is 0.238. The lowest BCUT2D eigenvalue weighted by molar-refractivity contribution is -0.858. The SMILES string of the molecule is CC(=O)[O-].CCCCCCCCCCCC(=O)NCCC[NH+](C)C. The summed E-state index contributed by atoms with van der Waals surface area (Å²) in [7, 11) is 4.29. The van der Waals surface area contributed by atoms with Gasteiger partial charge in [0.2, 0.25) is 5.91 Å². The van der Waals surface area contributed by atoms with Gasteiger partial charge in [-0.3, -0.25) is 4.79 Å². The number of hydrogen-bond donors (Lipinski definition) is 2. The van der Waals surface area contributed by atoms with E-state index in [2.05, 4.69) is 26.3 Å². The molecule has 144 valence electrons. The zero-order chi connectivity index (χ0) is 18.6. The molecule has 0 fully saturated rings. The molecule has 5 nitrogen and oxygen atoms in total. The molecule has 0 aliphatic carbocycles. The maximum absolute atomic E-state index is 11.6. The molecule has 0 aromatic rings. The van der Waals surface area contributed by atoms with Crippen LogP contribution in [0.2, 0.25) is 0 Å². The van der Waals surface area contributed by atoms with Crippen LogP contribution in [0.1, 0.15) is 84.5 Å². The summed E-state index contributed by atoms with van der Waals surface area (Å²) in [5.74, 6) is -0.846. The molecule has 0 radical (unpaired) electrons. The molecular weight excluding hydrogens is 304 g/mol. The number of carbonyl (C=O) groups excluding carboxylic acids is 2. The van der Waals surface area contributed by atoms with Gasteiger partial charge in [0.25, 0.3) is 0 Å². The van der Waals surface area contributed by atoms with Gasteiger partial charge < -0.3 is 20.1 Å². The van der Waals surface area contributed by atoms with E-state index in [1.165, 1.54) is 56.3 Å². The highest BCUT2D eigenvalue weighted by Crippen LogP contribution is 2.10. The quantitative estimate of drug-likeness (QED) is 0.467. The normalized spacial score (nSPS) is 10.2. The summed E-state index contributed by atoms with van der Waals surface area (Å²) in [6.45, 7) is 5.19. The molecular formula is C19H40N2O3. The lowest BCUT2D eigenvalue weighted by Crippen LogP contribution is -3.05. The number of quaternary nitrogens is 1. The van der Waals surface area contributed by atoms with E-state index in [4.69, 9.17) is 9.90 Å². The number of carbonyl (C=O) groups is 2. The molecule has 0 atom stereocenters. The molecule has 0 aromatic carbocycles. The second kappa shape index (κ2) is 19.9. The summed E-state index contributed by atoms with van der Waals surface area (Å²) in [6, 6.07) is 0. The standard InChI is InChI=1S/C17H36N2O.C2H4O2/c1-4-5-6-7-8-9-10-11-12-14-17(20)18-15-13-16-19(2)3;1-2(3)4/h4-16H2,1-3H3,(H,18,20);1H3,(H,3,4). The number of unbranched alkanes of at least 4 members (excludes halogenated alkanes) is 8. The third-order valence-electron chi connectivity index (χ3n) is 3.68. The van der Waals surface area contributed by atoms with Gasteiger partial charge in [0, 0.05) is 25.4 Å². The van der Waals surface area contributed by atoms with Crippen molar-refractivity contribution in [2.45, 2.75) is 84.5 Å². The molecule has 2 N–H and O–H groups in total. The van der Waals surface area contributed by atoms with Crippen LogP contribution in [0.4, 0.5) is 0 Å². The second-order valence-electron chi connectivity index (χ2n) is 6.73. The van der Waals surface area contributed by atoms with Crippen LogP contribution in [0.25, 0.3) is 0 Å². The van der Waals surface area contributed by atoms with E-state index in [9.17, 15) is 4.79 Å². The van der Waals surface area contributed by atoms with E-state index in [-0.39, 0.29) is 5.91 Å². The highest BCUT2D eigenvalue weighted by Gasteiger charge is 2.01. The Labute approximate surface area is 149 Å². The van der Waals surface area contributed by atoms with Crippen molar-refractivity contribution < 1.29 is 19.6 Å². The lowest BCUT2D eigenvalue weighted by atomic mass is 10.1. The first-order valence-electron chi connectivity index (χ1n) is 9.63. The van der Waals surface area contributed by atoms with Crippen molar-refractivity contribution in [3.05, 3.63) is 0 Å². The molecule has 0 aliphatic heterocycles. The maximum Gasteiger partial charge on any atom is 0.219 e. The molecule has 5 heteroatoms. The van der Waals surface area contributed by atoms with Crippen molar-refractivity contribution in [2.75, 3.05) is 27.2 Å². The van der Waals surface area contributed by atoms with Gasteiger partial charge in [0.05, 0.1) is 20.6 Å². The fourth-order valence-electron chi connectivity index (χ4n) is 2.35. The predicted octanol–water partition coefficient (Wildman–Crippen LogP) is 1.31. The maximum atomic E-state index is 11.6. The molecule has 0 saturated heterocycles. The minimum Gasteiger partial charge on any atom is -0.550 e. The van der Waals surface area contributed by atoms with Gasteiger partial charge >= 0.3 is 0 Å². The van der Waals surface area contributed by atoms with Crippen LogP contribution in [0.3, 0.4) is 0 Å². The molecule has 0 heterocycles. The Morgan fingerprint density at radius 2 is 1.33 bits per heavy atom. The van der Waals surface area contributed by atoms with Crippen molar-refractivity contribution in [1.82, 2.24) is 5.32 Å². The number of hydrogen-bond acceptors (Lipinski definition) is 3. The van der Waals surface area contributed by atoms with Gasteiger partial charge in [-0.25, -0.2) is 0 Å². The third-order valence-corrected chi connectivity index (χ3v) is 3.68. The zero-order valence-corrected chi connectivity index (χ0v) is 16.4. The van der Waals surface area contributed by atoms with Crippen molar-refractivity contribution in [1.29, 1.82) is 0 Å². The summed E-state index contributed by atoms with van der Waals surface area (Å²) < 4.78 is 0. The molecule has 0 rings (SSSR count). The smallest absolute Gasteiger partial charge is 0.219 e. The highest BCUT2D eigenvalue weighted by atomic mass is 16.4. The number of amides is 1. The van der Waals surface area contributed by atoms with E-state index >= 15 is 0 Å². The molecule has 0 spiro atoms. The van der Waals surface area contributed by atoms with E-state index < -0.39 is 5.97 Å². The predicted molar refractivity (Wildman–Crippen MR) is 97.8 cm³/mol. The molecule has 1 amide bonds. The van der Waals surface area contributed by atoms with Crippen molar-refractivity contribution in [3.8, 4) is 0 Å². The van der Waals surface area contributed by atoms with E-state index in [1.54, 1.807) is 0 Å². The van der Waals surface area contributed by atoms with Crippen molar-refractivity contribution in [3.63, 3.8) is 0 Å². The van der Waals surface area contributed by atoms with E-state index in [0.717, 1.165) is 32.9 Å². The molecule has 0 aromatic heterocycles. The van der Waals surface area contributed by atoms with Gasteiger partial charge in [-0.15, -0.1) is 0 Å².